The molecule has 4 nitrogen and oxygen atoms in total. The number of carbonyl (C=O) groups is 1. The summed E-state index contributed by atoms with van der Waals surface area (Å²) in [4.78, 5) is 12.2. The van der Waals surface area contributed by atoms with Crippen LogP contribution in [0, 0.1) is 13.8 Å². The van der Waals surface area contributed by atoms with Crippen molar-refractivity contribution in [1.29, 1.82) is 0 Å². The lowest BCUT2D eigenvalue weighted by Crippen LogP contribution is -2.30. The van der Waals surface area contributed by atoms with E-state index in [-0.39, 0.29) is 5.91 Å². The first-order valence-corrected chi connectivity index (χ1v) is 7.18. The fraction of sp³-hybridized carbons (Fsp3) is 0.278. The lowest BCUT2D eigenvalue weighted by atomic mass is 10.1. The van der Waals surface area contributed by atoms with Gasteiger partial charge in [-0.25, -0.2) is 0 Å². The van der Waals surface area contributed by atoms with Crippen molar-refractivity contribution in [3.05, 3.63) is 53.6 Å². The summed E-state index contributed by atoms with van der Waals surface area (Å²) in [5.74, 6) is 1.25. The summed E-state index contributed by atoms with van der Waals surface area (Å²) < 4.78 is 10.8. The van der Waals surface area contributed by atoms with Crippen LogP contribution in [0.15, 0.2) is 42.5 Å². The van der Waals surface area contributed by atoms with Gasteiger partial charge in [0.05, 0.1) is 7.11 Å². The Balaban J connectivity index is 1.97. The van der Waals surface area contributed by atoms with Crippen molar-refractivity contribution in [3.63, 3.8) is 0 Å². The summed E-state index contributed by atoms with van der Waals surface area (Å²) in [7, 11) is 1.60. The number of nitrogens with one attached hydrogen (secondary N) is 1. The lowest BCUT2D eigenvalue weighted by Gasteiger charge is -2.15. The molecule has 0 aromatic heterocycles. The highest BCUT2D eigenvalue weighted by Gasteiger charge is 2.15. The summed E-state index contributed by atoms with van der Waals surface area (Å²) in [6, 6.07) is 13.0. The molecule has 1 atom stereocenters. The maximum Gasteiger partial charge on any atom is 0.265 e. The Morgan fingerprint density at radius 2 is 1.64 bits per heavy atom. The van der Waals surface area contributed by atoms with Crippen LogP contribution in [-0.4, -0.2) is 19.1 Å². The fourth-order valence-corrected chi connectivity index (χ4v) is 1.96. The number of hydrogen-bond donors (Lipinski definition) is 1. The van der Waals surface area contributed by atoms with Crippen molar-refractivity contribution < 1.29 is 14.3 Å². The van der Waals surface area contributed by atoms with E-state index >= 15 is 0 Å². The molecular weight excluding hydrogens is 278 g/mol. The maximum absolute atomic E-state index is 12.2. The monoisotopic (exact) mass is 299 g/mol. The first-order chi connectivity index (χ1) is 10.5. The van der Waals surface area contributed by atoms with E-state index in [0.29, 0.717) is 11.4 Å². The van der Waals surface area contributed by atoms with Crippen molar-refractivity contribution in [2.75, 3.05) is 12.4 Å². The third kappa shape index (κ3) is 4.01. The number of ether oxygens (including phenoxy) is 2. The third-order valence-electron chi connectivity index (χ3n) is 3.52. The Morgan fingerprint density at radius 1 is 1.00 bits per heavy atom. The largest absolute Gasteiger partial charge is 0.497 e. The molecule has 2 aromatic carbocycles. The van der Waals surface area contributed by atoms with Crippen LogP contribution in [0.5, 0.6) is 11.5 Å². The lowest BCUT2D eigenvalue weighted by molar-refractivity contribution is -0.122. The molecule has 0 saturated carbocycles. The molecule has 1 N–H and O–H groups in total. The average Bonchev–Trinajstić information content (AvgIpc) is 2.51. The van der Waals surface area contributed by atoms with Gasteiger partial charge in [0.25, 0.3) is 5.91 Å². The summed E-state index contributed by atoms with van der Waals surface area (Å²) in [6.07, 6.45) is -0.579. The topological polar surface area (TPSA) is 47.6 Å². The van der Waals surface area contributed by atoms with Gasteiger partial charge in [-0.15, -0.1) is 0 Å². The quantitative estimate of drug-likeness (QED) is 0.915. The summed E-state index contributed by atoms with van der Waals surface area (Å²) >= 11 is 0. The molecule has 2 aromatic rings. The van der Waals surface area contributed by atoms with Crippen LogP contribution in [0.3, 0.4) is 0 Å². The molecule has 0 aliphatic heterocycles. The van der Waals surface area contributed by atoms with Crippen molar-refractivity contribution in [2.24, 2.45) is 0 Å². The van der Waals surface area contributed by atoms with Crippen molar-refractivity contribution in [3.8, 4) is 11.5 Å². The first-order valence-electron chi connectivity index (χ1n) is 7.18. The molecule has 22 heavy (non-hydrogen) atoms. The molecule has 0 aliphatic rings. The number of amides is 1. The molecular formula is C18H21NO3. The predicted molar refractivity (Wildman–Crippen MR) is 87.6 cm³/mol. The van der Waals surface area contributed by atoms with Crippen LogP contribution in [0.4, 0.5) is 5.69 Å². The molecule has 0 bridgehead atoms. The Morgan fingerprint density at radius 3 is 2.23 bits per heavy atom. The smallest absolute Gasteiger partial charge is 0.265 e. The molecule has 0 radical (unpaired) electrons. The van der Waals surface area contributed by atoms with Crippen LogP contribution < -0.4 is 14.8 Å². The second-order valence-corrected chi connectivity index (χ2v) is 5.22. The van der Waals surface area contributed by atoms with Gasteiger partial charge < -0.3 is 14.8 Å². The highest BCUT2D eigenvalue weighted by atomic mass is 16.5. The number of benzene rings is 2. The zero-order chi connectivity index (χ0) is 16.1. The second-order valence-electron chi connectivity index (χ2n) is 5.22. The Hall–Kier alpha value is -2.49. The van der Waals surface area contributed by atoms with Gasteiger partial charge in [0, 0.05) is 5.69 Å². The summed E-state index contributed by atoms with van der Waals surface area (Å²) in [6.45, 7) is 5.79. The zero-order valence-electron chi connectivity index (χ0n) is 13.3. The highest BCUT2D eigenvalue weighted by Crippen LogP contribution is 2.19. The van der Waals surface area contributed by atoms with Gasteiger partial charge in [0.1, 0.15) is 11.5 Å². The first kappa shape index (κ1) is 15.9. The van der Waals surface area contributed by atoms with Crippen molar-refractivity contribution >= 4 is 11.6 Å². The normalized spacial score (nSPS) is 11.6. The molecule has 2 rings (SSSR count). The van der Waals surface area contributed by atoms with Gasteiger partial charge in [-0.3, -0.25) is 4.79 Å². The number of anilines is 1. The predicted octanol–water partition coefficient (Wildman–Crippen LogP) is 3.72. The highest BCUT2D eigenvalue weighted by molar-refractivity contribution is 5.94. The number of rotatable bonds is 5. The van der Waals surface area contributed by atoms with Crippen LogP contribution in [0.25, 0.3) is 0 Å². The van der Waals surface area contributed by atoms with Crippen molar-refractivity contribution in [2.45, 2.75) is 26.9 Å². The van der Waals surface area contributed by atoms with Crippen LogP contribution in [0.1, 0.15) is 18.1 Å². The van der Waals surface area contributed by atoms with Crippen molar-refractivity contribution in [1.82, 2.24) is 0 Å². The molecule has 1 amide bonds. The van der Waals surface area contributed by atoms with E-state index in [1.165, 1.54) is 5.56 Å². The van der Waals surface area contributed by atoms with Crippen LogP contribution in [-0.2, 0) is 4.79 Å². The minimum atomic E-state index is -0.579. The van der Waals surface area contributed by atoms with Crippen LogP contribution in [0.2, 0.25) is 0 Å². The van der Waals surface area contributed by atoms with E-state index < -0.39 is 6.10 Å². The number of carbonyl (C=O) groups excluding carboxylic acids is 1. The molecule has 116 valence electrons. The van der Waals surface area contributed by atoms with E-state index in [2.05, 4.69) is 5.32 Å². The summed E-state index contributed by atoms with van der Waals surface area (Å²) in [5.41, 5.74) is 3.05. The molecule has 0 unspecified atom stereocenters. The molecule has 0 spiro atoms. The number of hydrogen-bond acceptors (Lipinski definition) is 3. The second kappa shape index (κ2) is 6.98. The van der Waals surface area contributed by atoms with Gasteiger partial charge in [0.2, 0.25) is 0 Å². The van der Waals surface area contributed by atoms with Gasteiger partial charge in [-0.2, -0.15) is 0 Å². The van der Waals surface area contributed by atoms with Gasteiger partial charge in [-0.1, -0.05) is 6.07 Å². The Labute approximate surface area is 131 Å². The van der Waals surface area contributed by atoms with E-state index in [1.807, 2.05) is 32.0 Å². The fourth-order valence-electron chi connectivity index (χ4n) is 1.96. The van der Waals surface area contributed by atoms with Gasteiger partial charge in [-0.05, 0) is 68.3 Å². The SMILES string of the molecule is COc1ccc(NC(=O)[C@@H](C)Oc2ccc(C)c(C)c2)cc1. The zero-order valence-corrected chi connectivity index (χ0v) is 13.3. The molecule has 0 aliphatic carbocycles. The van der Waals surface area contributed by atoms with E-state index in [1.54, 1.807) is 38.3 Å². The maximum atomic E-state index is 12.2. The van der Waals surface area contributed by atoms with E-state index in [4.69, 9.17) is 9.47 Å². The molecule has 0 fully saturated rings. The molecule has 4 heteroatoms. The number of methoxy groups -OCH3 is 1. The van der Waals surface area contributed by atoms with E-state index in [9.17, 15) is 4.79 Å². The Kier molecular flexibility index (Phi) is 5.04. The molecule has 0 saturated heterocycles. The average molecular weight is 299 g/mol. The van der Waals surface area contributed by atoms with E-state index in [0.717, 1.165) is 11.3 Å². The molecule has 0 heterocycles. The minimum Gasteiger partial charge on any atom is -0.497 e. The standard InChI is InChI=1S/C18H21NO3/c1-12-5-8-17(11-13(12)2)22-14(3)18(20)19-15-6-9-16(21-4)10-7-15/h5-11,14H,1-4H3,(H,19,20)/t14-/m1/s1. The van der Waals surface area contributed by atoms with Crippen LogP contribution >= 0.6 is 0 Å². The Bertz CT molecular complexity index is 650. The van der Waals surface area contributed by atoms with Gasteiger partial charge in [0.15, 0.2) is 6.10 Å². The minimum absolute atomic E-state index is 0.191. The summed E-state index contributed by atoms with van der Waals surface area (Å²) in [5, 5.41) is 2.82. The number of aryl methyl sites for hydroxylation is 2. The third-order valence-corrected chi connectivity index (χ3v) is 3.52. The van der Waals surface area contributed by atoms with Gasteiger partial charge >= 0.3 is 0 Å².